The molecule has 1 unspecified atom stereocenters. The van der Waals surface area contributed by atoms with Crippen molar-refractivity contribution in [1.82, 2.24) is 0 Å². The van der Waals surface area contributed by atoms with Crippen LogP contribution in [0.25, 0.3) is 0 Å². The maximum atomic E-state index is 10.4. The normalized spacial score (nSPS) is 12.6. The van der Waals surface area contributed by atoms with Crippen molar-refractivity contribution in [3.8, 4) is 0 Å². The highest BCUT2D eigenvalue weighted by Gasteiger charge is 2.05. The van der Waals surface area contributed by atoms with Gasteiger partial charge in [-0.25, -0.2) is 0 Å². The molecule has 0 saturated heterocycles. The Hall–Kier alpha value is -0.460. The third kappa shape index (κ3) is 9.45. The molecule has 13 heavy (non-hydrogen) atoms. The lowest BCUT2D eigenvalue weighted by Gasteiger charge is -1.95. The van der Waals surface area contributed by atoms with Crippen LogP contribution in [0.1, 0.15) is 33.6 Å². The van der Waals surface area contributed by atoms with Gasteiger partial charge in [0.1, 0.15) is 0 Å². The van der Waals surface area contributed by atoms with Gasteiger partial charge in [-0.3, -0.25) is 0 Å². The Morgan fingerprint density at radius 3 is 2.38 bits per heavy atom. The van der Waals surface area contributed by atoms with E-state index in [0.29, 0.717) is 0 Å². The van der Waals surface area contributed by atoms with Gasteiger partial charge >= 0.3 is 8.03 Å². The molecule has 3 heteroatoms. The second-order valence-electron chi connectivity index (χ2n) is 3.41. The van der Waals surface area contributed by atoms with E-state index in [0.717, 1.165) is 12.8 Å². The Bertz CT molecular complexity index is 225. The van der Waals surface area contributed by atoms with Crippen molar-refractivity contribution in [2.45, 2.75) is 33.6 Å². The number of allylic oxidation sites excluding steroid dienone is 4. The second-order valence-corrected chi connectivity index (χ2v) is 4.47. The van der Waals surface area contributed by atoms with E-state index in [2.05, 4.69) is 19.9 Å². The zero-order valence-corrected chi connectivity index (χ0v) is 9.47. The zero-order valence-electron chi connectivity index (χ0n) is 8.58. The average molecular weight is 201 g/mol. The van der Waals surface area contributed by atoms with E-state index in [1.54, 1.807) is 0 Å². The highest BCUT2D eigenvalue weighted by atomic mass is 31.1. The number of hydrogen-bond acceptors (Lipinski definition) is 1. The maximum absolute atomic E-state index is 10.4. The molecule has 0 radical (unpaired) electrons. The minimum atomic E-state index is -2.00. The summed E-state index contributed by atoms with van der Waals surface area (Å²) in [6.45, 7) is 6.14. The first-order valence-corrected chi connectivity index (χ1v) is 5.84. The van der Waals surface area contributed by atoms with Gasteiger partial charge in [-0.15, -0.1) is 0 Å². The van der Waals surface area contributed by atoms with E-state index in [9.17, 15) is 4.57 Å². The lowest BCUT2D eigenvalue weighted by molar-refractivity contribution is 0.506. The fourth-order valence-corrected chi connectivity index (χ4v) is 1.39. The van der Waals surface area contributed by atoms with Crippen LogP contribution >= 0.6 is 8.03 Å². The highest BCUT2D eigenvalue weighted by Crippen LogP contribution is 2.15. The lowest BCUT2D eigenvalue weighted by atomic mass is 10.1. The molecule has 0 spiro atoms. The van der Waals surface area contributed by atoms with E-state index in [1.165, 1.54) is 11.1 Å². The zero-order chi connectivity index (χ0) is 10.3. The van der Waals surface area contributed by atoms with Gasteiger partial charge in [0.15, 0.2) is 6.16 Å². The molecule has 0 aliphatic heterocycles. The first kappa shape index (κ1) is 12.5. The SMILES string of the molecule is CC(C)=CCC/C(C)=C/C[P+](=O)O. The summed E-state index contributed by atoms with van der Waals surface area (Å²) in [5.41, 5.74) is 2.51. The van der Waals surface area contributed by atoms with E-state index >= 15 is 0 Å². The Balaban J connectivity index is 3.73. The molecule has 0 aromatic heterocycles. The molecule has 1 N–H and O–H groups in total. The number of hydrogen-bond donors (Lipinski definition) is 1. The third-order valence-corrected chi connectivity index (χ3v) is 2.18. The Morgan fingerprint density at radius 1 is 1.31 bits per heavy atom. The molecule has 1 atom stereocenters. The quantitative estimate of drug-likeness (QED) is 0.546. The summed E-state index contributed by atoms with van der Waals surface area (Å²) in [5.74, 6) is 0. The summed E-state index contributed by atoms with van der Waals surface area (Å²) >= 11 is 0. The van der Waals surface area contributed by atoms with Gasteiger partial charge in [-0.2, -0.15) is 4.89 Å². The molecular weight excluding hydrogens is 183 g/mol. The summed E-state index contributed by atoms with van der Waals surface area (Å²) in [7, 11) is -2.00. The van der Waals surface area contributed by atoms with Crippen molar-refractivity contribution in [2.75, 3.05) is 6.16 Å². The maximum Gasteiger partial charge on any atom is 0.509 e. The minimum absolute atomic E-state index is 0.288. The van der Waals surface area contributed by atoms with Crippen molar-refractivity contribution in [3.63, 3.8) is 0 Å². The molecule has 0 aromatic carbocycles. The minimum Gasteiger partial charge on any atom is -0.160 e. The molecule has 74 valence electrons. The second kappa shape index (κ2) is 6.99. The molecule has 0 fully saturated rings. The van der Waals surface area contributed by atoms with Crippen molar-refractivity contribution in [1.29, 1.82) is 0 Å². The standard InChI is InChI=1S/C10H17O2P/c1-9(2)5-4-6-10(3)7-8-13(11)12/h5,7H,4,6,8H2,1-3H3/p+1/b10-7+. The van der Waals surface area contributed by atoms with Crippen molar-refractivity contribution < 1.29 is 9.46 Å². The molecule has 0 aliphatic rings. The molecule has 0 heterocycles. The largest absolute Gasteiger partial charge is 0.509 e. The predicted octanol–water partition coefficient (Wildman–Crippen LogP) is 3.41. The average Bonchev–Trinajstić information content (AvgIpc) is 2.00. The Morgan fingerprint density at radius 2 is 1.92 bits per heavy atom. The van der Waals surface area contributed by atoms with Crippen molar-refractivity contribution in [3.05, 3.63) is 23.3 Å². The molecule has 0 aliphatic carbocycles. The van der Waals surface area contributed by atoms with E-state index in [-0.39, 0.29) is 6.16 Å². The fourth-order valence-electron chi connectivity index (χ4n) is 0.925. The van der Waals surface area contributed by atoms with Crippen LogP contribution in [0.5, 0.6) is 0 Å². The van der Waals surface area contributed by atoms with Gasteiger partial charge < -0.3 is 0 Å². The summed E-state index contributed by atoms with van der Waals surface area (Å²) in [6.07, 6.45) is 6.31. The smallest absolute Gasteiger partial charge is 0.160 e. The van der Waals surface area contributed by atoms with Gasteiger partial charge in [0, 0.05) is 0 Å². The first-order valence-electron chi connectivity index (χ1n) is 4.45. The molecule has 0 rings (SSSR count). The van der Waals surface area contributed by atoms with E-state index in [4.69, 9.17) is 4.89 Å². The topological polar surface area (TPSA) is 37.3 Å². The summed E-state index contributed by atoms with van der Waals surface area (Å²) in [4.78, 5) is 8.57. The van der Waals surface area contributed by atoms with E-state index < -0.39 is 8.03 Å². The lowest BCUT2D eigenvalue weighted by Crippen LogP contribution is -1.79. The molecule has 2 nitrogen and oxygen atoms in total. The molecular formula is C10H18O2P+. The Labute approximate surface area is 81.2 Å². The van der Waals surface area contributed by atoms with Crippen LogP contribution in [0.4, 0.5) is 0 Å². The van der Waals surface area contributed by atoms with Gasteiger partial charge in [-0.05, 0) is 44.3 Å². The van der Waals surface area contributed by atoms with Gasteiger partial charge in [0.05, 0.1) is 0 Å². The van der Waals surface area contributed by atoms with Gasteiger partial charge in [0.2, 0.25) is 0 Å². The molecule has 0 amide bonds. The van der Waals surface area contributed by atoms with Crippen LogP contribution in [-0.2, 0) is 4.57 Å². The van der Waals surface area contributed by atoms with Gasteiger partial charge in [0.25, 0.3) is 0 Å². The van der Waals surface area contributed by atoms with Crippen LogP contribution < -0.4 is 0 Å². The van der Waals surface area contributed by atoms with Crippen LogP contribution in [-0.4, -0.2) is 11.1 Å². The van der Waals surface area contributed by atoms with Crippen molar-refractivity contribution in [2.24, 2.45) is 0 Å². The predicted molar refractivity (Wildman–Crippen MR) is 57.1 cm³/mol. The summed E-state index contributed by atoms with van der Waals surface area (Å²) in [5, 5.41) is 0. The highest BCUT2D eigenvalue weighted by molar-refractivity contribution is 7.38. The van der Waals surface area contributed by atoms with Crippen LogP contribution in [0.15, 0.2) is 23.3 Å². The van der Waals surface area contributed by atoms with Crippen molar-refractivity contribution >= 4 is 8.03 Å². The summed E-state index contributed by atoms with van der Waals surface area (Å²) in [6, 6.07) is 0. The van der Waals surface area contributed by atoms with Crippen LogP contribution in [0, 0.1) is 0 Å². The molecule has 0 aromatic rings. The monoisotopic (exact) mass is 201 g/mol. The number of rotatable bonds is 5. The third-order valence-electron chi connectivity index (χ3n) is 1.69. The first-order chi connectivity index (χ1) is 6.02. The van der Waals surface area contributed by atoms with Crippen LogP contribution in [0.2, 0.25) is 0 Å². The summed E-state index contributed by atoms with van der Waals surface area (Å²) < 4.78 is 10.4. The molecule has 0 saturated carbocycles. The Kier molecular flexibility index (Phi) is 6.75. The van der Waals surface area contributed by atoms with Gasteiger partial charge in [-0.1, -0.05) is 17.2 Å². The van der Waals surface area contributed by atoms with Crippen LogP contribution in [0.3, 0.4) is 0 Å². The fraction of sp³-hybridized carbons (Fsp3) is 0.600. The van der Waals surface area contributed by atoms with E-state index in [1.807, 2.05) is 13.0 Å². The molecule has 0 bridgehead atoms.